The zero-order valence-electron chi connectivity index (χ0n) is 12.7. The van der Waals surface area contributed by atoms with E-state index < -0.39 is 0 Å². The van der Waals surface area contributed by atoms with Crippen LogP contribution in [0.1, 0.15) is 31.7 Å². The molecule has 0 atom stereocenters. The van der Waals surface area contributed by atoms with Gasteiger partial charge in [0.05, 0.1) is 6.61 Å². The number of guanidine groups is 1. The first kappa shape index (κ1) is 14.7. The van der Waals surface area contributed by atoms with Crippen molar-refractivity contribution in [2.45, 2.75) is 38.8 Å². The summed E-state index contributed by atoms with van der Waals surface area (Å²) in [5.41, 5.74) is 1.26. The van der Waals surface area contributed by atoms with Gasteiger partial charge in [0.1, 0.15) is 5.75 Å². The lowest BCUT2D eigenvalue weighted by Gasteiger charge is -2.31. The summed E-state index contributed by atoms with van der Waals surface area (Å²) in [7, 11) is 3.92. The second kappa shape index (κ2) is 7.17. The minimum absolute atomic E-state index is 0.608. The summed E-state index contributed by atoms with van der Waals surface area (Å²) >= 11 is 0. The maximum atomic E-state index is 5.46. The molecule has 0 aromatic heterocycles. The standard InChI is InChI=1S/C16H25N3O/c1-4-20-15-10-8-13(9-11-15)12-19(3)16(17-2)18-14-6-5-7-14/h8-11,14H,4-7,12H2,1-3H3,(H,17,18). The zero-order chi connectivity index (χ0) is 14.4. The fraction of sp³-hybridized carbons (Fsp3) is 0.562. The summed E-state index contributed by atoms with van der Waals surface area (Å²) in [4.78, 5) is 6.52. The predicted molar refractivity (Wildman–Crippen MR) is 83.2 cm³/mol. The van der Waals surface area contributed by atoms with Gasteiger partial charge in [0.25, 0.3) is 0 Å². The minimum atomic E-state index is 0.608. The van der Waals surface area contributed by atoms with Crippen LogP contribution in [0, 0.1) is 0 Å². The minimum Gasteiger partial charge on any atom is -0.494 e. The number of hydrogen-bond donors (Lipinski definition) is 1. The van der Waals surface area contributed by atoms with E-state index in [4.69, 9.17) is 4.74 Å². The van der Waals surface area contributed by atoms with Gasteiger partial charge >= 0.3 is 0 Å². The average Bonchev–Trinajstić information content (AvgIpc) is 2.40. The summed E-state index contributed by atoms with van der Waals surface area (Å²) in [5.74, 6) is 1.90. The fourth-order valence-corrected chi connectivity index (χ4v) is 2.29. The van der Waals surface area contributed by atoms with Crippen LogP contribution in [0.15, 0.2) is 29.3 Å². The molecule has 0 amide bonds. The average molecular weight is 275 g/mol. The highest BCUT2D eigenvalue weighted by Crippen LogP contribution is 2.18. The Kier molecular flexibility index (Phi) is 5.27. The van der Waals surface area contributed by atoms with Crippen molar-refractivity contribution >= 4 is 5.96 Å². The van der Waals surface area contributed by atoms with Crippen molar-refractivity contribution in [2.75, 3.05) is 20.7 Å². The van der Waals surface area contributed by atoms with Gasteiger partial charge in [-0.2, -0.15) is 0 Å². The van der Waals surface area contributed by atoms with Crippen molar-refractivity contribution in [1.29, 1.82) is 0 Å². The molecule has 0 radical (unpaired) electrons. The molecular weight excluding hydrogens is 250 g/mol. The van der Waals surface area contributed by atoms with Gasteiger partial charge in [0, 0.05) is 26.7 Å². The second-order valence-corrected chi connectivity index (χ2v) is 5.25. The topological polar surface area (TPSA) is 36.9 Å². The van der Waals surface area contributed by atoms with Gasteiger partial charge in [-0.1, -0.05) is 12.1 Å². The van der Waals surface area contributed by atoms with Crippen molar-refractivity contribution in [3.05, 3.63) is 29.8 Å². The lowest BCUT2D eigenvalue weighted by atomic mass is 9.93. The van der Waals surface area contributed by atoms with Gasteiger partial charge in [-0.3, -0.25) is 4.99 Å². The lowest BCUT2D eigenvalue weighted by molar-refractivity contribution is 0.340. The van der Waals surface area contributed by atoms with E-state index in [0.29, 0.717) is 12.6 Å². The van der Waals surface area contributed by atoms with Gasteiger partial charge in [-0.05, 0) is 43.9 Å². The third kappa shape index (κ3) is 3.89. The first-order valence-corrected chi connectivity index (χ1v) is 7.39. The highest BCUT2D eigenvalue weighted by molar-refractivity contribution is 5.80. The Morgan fingerprint density at radius 1 is 1.35 bits per heavy atom. The molecule has 0 unspecified atom stereocenters. The Morgan fingerprint density at radius 3 is 2.55 bits per heavy atom. The van der Waals surface area contributed by atoms with E-state index in [2.05, 4.69) is 34.4 Å². The smallest absolute Gasteiger partial charge is 0.193 e. The monoisotopic (exact) mass is 275 g/mol. The van der Waals surface area contributed by atoms with Crippen LogP contribution in [0.2, 0.25) is 0 Å². The van der Waals surface area contributed by atoms with Crippen LogP contribution in [-0.2, 0) is 6.54 Å². The third-order valence-corrected chi connectivity index (χ3v) is 3.67. The van der Waals surface area contributed by atoms with Crippen LogP contribution >= 0.6 is 0 Å². The van der Waals surface area contributed by atoms with Crippen LogP contribution in [0.5, 0.6) is 5.75 Å². The van der Waals surface area contributed by atoms with Gasteiger partial charge in [-0.25, -0.2) is 0 Å². The maximum absolute atomic E-state index is 5.46. The van der Waals surface area contributed by atoms with E-state index in [-0.39, 0.29) is 0 Å². The maximum Gasteiger partial charge on any atom is 0.193 e. The van der Waals surface area contributed by atoms with Gasteiger partial charge < -0.3 is 15.0 Å². The molecule has 1 aromatic rings. The molecule has 0 heterocycles. The molecule has 1 fully saturated rings. The molecule has 2 rings (SSSR count). The largest absolute Gasteiger partial charge is 0.494 e. The summed E-state index contributed by atoms with van der Waals surface area (Å²) in [6.07, 6.45) is 3.85. The summed E-state index contributed by atoms with van der Waals surface area (Å²) in [6, 6.07) is 8.87. The molecular formula is C16H25N3O. The number of nitrogens with one attached hydrogen (secondary N) is 1. The second-order valence-electron chi connectivity index (χ2n) is 5.25. The molecule has 4 heteroatoms. The number of benzene rings is 1. The van der Waals surface area contributed by atoms with Crippen LogP contribution in [0.3, 0.4) is 0 Å². The van der Waals surface area contributed by atoms with Crippen LogP contribution in [0.25, 0.3) is 0 Å². The van der Waals surface area contributed by atoms with E-state index in [1.165, 1.54) is 24.8 Å². The van der Waals surface area contributed by atoms with Crippen molar-refractivity contribution in [3.63, 3.8) is 0 Å². The van der Waals surface area contributed by atoms with Crippen molar-refractivity contribution in [2.24, 2.45) is 4.99 Å². The first-order valence-electron chi connectivity index (χ1n) is 7.39. The van der Waals surface area contributed by atoms with E-state index in [0.717, 1.165) is 18.3 Å². The molecule has 4 nitrogen and oxygen atoms in total. The number of nitrogens with zero attached hydrogens (tertiary/aromatic N) is 2. The fourth-order valence-electron chi connectivity index (χ4n) is 2.29. The van der Waals surface area contributed by atoms with E-state index in [1.807, 2.05) is 26.1 Å². The summed E-state index contributed by atoms with van der Waals surface area (Å²) in [6.45, 7) is 3.55. The van der Waals surface area contributed by atoms with E-state index in [1.54, 1.807) is 0 Å². The first-order chi connectivity index (χ1) is 9.72. The molecule has 0 bridgehead atoms. The highest BCUT2D eigenvalue weighted by Gasteiger charge is 2.19. The van der Waals surface area contributed by atoms with Crippen LogP contribution < -0.4 is 10.1 Å². The number of aliphatic imine (C=N–C) groups is 1. The molecule has 110 valence electrons. The third-order valence-electron chi connectivity index (χ3n) is 3.67. The van der Waals surface area contributed by atoms with E-state index in [9.17, 15) is 0 Å². The Morgan fingerprint density at radius 2 is 2.05 bits per heavy atom. The quantitative estimate of drug-likeness (QED) is 0.663. The normalized spacial score (nSPS) is 15.7. The molecule has 1 aliphatic carbocycles. The Balaban J connectivity index is 1.89. The molecule has 1 saturated carbocycles. The molecule has 0 saturated heterocycles. The SMILES string of the molecule is CCOc1ccc(CN(C)C(=NC)NC2CCC2)cc1. The van der Waals surface area contributed by atoms with Crippen molar-refractivity contribution in [3.8, 4) is 5.75 Å². The predicted octanol–water partition coefficient (Wildman–Crippen LogP) is 2.65. The highest BCUT2D eigenvalue weighted by atomic mass is 16.5. The van der Waals surface area contributed by atoms with Gasteiger partial charge in [0.2, 0.25) is 0 Å². The Bertz CT molecular complexity index is 438. The van der Waals surface area contributed by atoms with Crippen molar-refractivity contribution in [1.82, 2.24) is 10.2 Å². The molecule has 1 N–H and O–H groups in total. The molecule has 1 aliphatic rings. The van der Waals surface area contributed by atoms with Gasteiger partial charge in [0.15, 0.2) is 5.96 Å². The molecule has 1 aromatic carbocycles. The summed E-state index contributed by atoms with van der Waals surface area (Å²) < 4.78 is 5.46. The number of ether oxygens (including phenoxy) is 1. The van der Waals surface area contributed by atoms with Crippen LogP contribution in [0.4, 0.5) is 0 Å². The lowest BCUT2D eigenvalue weighted by Crippen LogP contribution is -2.46. The summed E-state index contributed by atoms with van der Waals surface area (Å²) in [5, 5.41) is 3.51. The Labute approximate surface area is 121 Å². The number of rotatable bonds is 5. The van der Waals surface area contributed by atoms with E-state index >= 15 is 0 Å². The Hall–Kier alpha value is -1.71. The zero-order valence-corrected chi connectivity index (χ0v) is 12.7. The van der Waals surface area contributed by atoms with Gasteiger partial charge in [-0.15, -0.1) is 0 Å². The molecule has 0 aliphatic heterocycles. The number of hydrogen-bond acceptors (Lipinski definition) is 2. The molecule has 20 heavy (non-hydrogen) atoms. The van der Waals surface area contributed by atoms with Crippen molar-refractivity contribution < 1.29 is 4.74 Å². The molecule has 0 spiro atoms. The van der Waals surface area contributed by atoms with Crippen LogP contribution in [-0.4, -0.2) is 37.6 Å².